The number of nitrogens with zero attached hydrogens (tertiary/aromatic N) is 6. The van der Waals surface area contributed by atoms with Crippen molar-refractivity contribution in [2.45, 2.75) is 0 Å². The van der Waals surface area contributed by atoms with Crippen LogP contribution in [0.3, 0.4) is 0 Å². The number of carbonyl (C=O) groups is 5. The van der Waals surface area contributed by atoms with Crippen LogP contribution in [0, 0.1) is 0 Å². The molecule has 53 heavy (non-hydrogen) atoms. The van der Waals surface area contributed by atoms with Crippen molar-refractivity contribution in [2.24, 2.45) is 28.2 Å². The van der Waals surface area contributed by atoms with E-state index in [1.165, 1.54) is 34.2 Å². The van der Waals surface area contributed by atoms with Gasteiger partial charge in [-0.15, -0.1) is 11.3 Å². The van der Waals surface area contributed by atoms with Crippen LogP contribution in [0.2, 0.25) is 5.02 Å². The van der Waals surface area contributed by atoms with Crippen LogP contribution >= 0.6 is 22.9 Å². The molecule has 1 aliphatic rings. The number of hydrogen-bond donors (Lipinski definition) is 5. The molecule has 0 aliphatic carbocycles. The molecule has 5 aromatic heterocycles. The molecule has 19 heteroatoms. The number of imidazole rings is 1. The zero-order chi connectivity index (χ0) is 37.8. The molecule has 0 radical (unpaired) electrons. The van der Waals surface area contributed by atoms with Crippen LogP contribution < -0.4 is 26.6 Å². The molecule has 0 spiro atoms. The quantitative estimate of drug-likeness (QED) is 0.128. The van der Waals surface area contributed by atoms with Gasteiger partial charge in [-0.2, -0.15) is 0 Å². The Morgan fingerprint density at radius 3 is 1.81 bits per heavy atom. The third-order valence-electron chi connectivity index (χ3n) is 8.45. The Hall–Kier alpha value is -5.69. The number of aromatic nitrogens is 5. The largest absolute Gasteiger partial charge is 0.379 e. The van der Waals surface area contributed by atoms with E-state index >= 15 is 0 Å². The zero-order valence-electron chi connectivity index (χ0n) is 29.4. The number of ether oxygens (including phenoxy) is 1. The number of thiophene rings is 1. The summed E-state index contributed by atoms with van der Waals surface area (Å²) < 4.78 is 11.6. The van der Waals surface area contributed by atoms with Gasteiger partial charge in [0.2, 0.25) is 5.82 Å². The second kappa shape index (κ2) is 15.9. The van der Waals surface area contributed by atoms with Crippen LogP contribution in [-0.2, 0) is 32.9 Å². The fourth-order valence-corrected chi connectivity index (χ4v) is 6.80. The molecule has 1 fully saturated rings. The van der Waals surface area contributed by atoms with E-state index in [2.05, 4.69) is 36.5 Å². The molecule has 5 amide bonds. The summed E-state index contributed by atoms with van der Waals surface area (Å²) >= 11 is 7.26. The fourth-order valence-electron chi connectivity index (χ4n) is 5.76. The van der Waals surface area contributed by atoms with Crippen molar-refractivity contribution in [3.63, 3.8) is 0 Å². The highest BCUT2D eigenvalue weighted by atomic mass is 35.5. The van der Waals surface area contributed by atoms with Crippen molar-refractivity contribution >= 4 is 75.4 Å². The molecule has 6 rings (SSSR count). The molecule has 0 saturated carbocycles. The zero-order valence-corrected chi connectivity index (χ0v) is 30.9. The minimum absolute atomic E-state index is 0.00264. The number of rotatable bonds is 12. The van der Waals surface area contributed by atoms with Gasteiger partial charge in [0.15, 0.2) is 5.82 Å². The SMILES string of the molecule is Cn1cc(NC(=O)c2cc(NC(=O)c3nc(NC(=O)c4cc(NC(=O)c5sccc5Cl)cn4C)cn3C)cn2C)cc1C(=O)NCCN1CCOCC1. The third kappa shape index (κ3) is 8.69. The summed E-state index contributed by atoms with van der Waals surface area (Å²) in [6.07, 6.45) is 6.30. The first-order valence-electron chi connectivity index (χ1n) is 16.5. The summed E-state index contributed by atoms with van der Waals surface area (Å²) in [7, 11) is 6.64. The van der Waals surface area contributed by atoms with Crippen molar-refractivity contribution in [3.05, 3.63) is 87.2 Å². The number of nitrogens with one attached hydrogen (secondary N) is 5. The average Bonchev–Trinajstić information content (AvgIpc) is 3.94. The predicted molar refractivity (Wildman–Crippen MR) is 200 cm³/mol. The smallest absolute Gasteiger partial charge is 0.291 e. The van der Waals surface area contributed by atoms with E-state index in [4.69, 9.17) is 16.3 Å². The standard InChI is InChI=1S/C34H38ClN11O6S/c1-42-16-20(13-24(42)30(47)36-6-7-46-8-10-52-11-9-46)37-31(48)25-15-22(18-43(25)2)39-34(51)29-40-27(19-45(29)4)41-32(49)26-14-21(17-44(26)3)38-33(50)28-23(35)5-12-53-28/h5,12-19H,6-11H2,1-4H3,(H,36,47)(H,37,48)(H,38,50)(H,39,51)(H,41,49). The first-order chi connectivity index (χ1) is 25.4. The highest BCUT2D eigenvalue weighted by Crippen LogP contribution is 2.24. The number of halogens is 1. The molecular formula is C34H38ClN11O6S. The second-order valence-corrected chi connectivity index (χ2v) is 13.7. The molecule has 6 heterocycles. The van der Waals surface area contributed by atoms with Crippen LogP contribution in [-0.4, -0.2) is 97.1 Å². The Balaban J connectivity index is 1.03. The normalized spacial score (nSPS) is 13.1. The third-order valence-corrected chi connectivity index (χ3v) is 9.79. The van der Waals surface area contributed by atoms with E-state index in [0.29, 0.717) is 52.4 Å². The predicted octanol–water partition coefficient (Wildman–Crippen LogP) is 3.22. The lowest BCUT2D eigenvalue weighted by Gasteiger charge is -2.26. The molecule has 5 N–H and O–H groups in total. The Kier molecular flexibility index (Phi) is 11.1. The highest BCUT2D eigenvalue weighted by molar-refractivity contribution is 7.12. The van der Waals surface area contributed by atoms with Crippen molar-refractivity contribution < 1.29 is 28.7 Å². The molecule has 1 aliphatic heterocycles. The molecule has 0 aromatic carbocycles. The first kappa shape index (κ1) is 37.1. The topological polar surface area (TPSA) is 191 Å². The van der Waals surface area contributed by atoms with Gasteiger partial charge in [0.1, 0.15) is 22.0 Å². The summed E-state index contributed by atoms with van der Waals surface area (Å²) in [5.41, 5.74) is 2.06. The number of anilines is 4. The van der Waals surface area contributed by atoms with E-state index in [-0.39, 0.29) is 28.9 Å². The number of hydrogen-bond acceptors (Lipinski definition) is 9. The summed E-state index contributed by atoms with van der Waals surface area (Å²) in [5, 5.41) is 15.9. The van der Waals surface area contributed by atoms with Crippen molar-refractivity contribution in [1.29, 1.82) is 0 Å². The number of amides is 5. The van der Waals surface area contributed by atoms with Crippen molar-refractivity contribution in [2.75, 3.05) is 60.7 Å². The highest BCUT2D eigenvalue weighted by Gasteiger charge is 2.22. The van der Waals surface area contributed by atoms with Gasteiger partial charge in [-0.1, -0.05) is 11.6 Å². The number of aryl methyl sites for hydroxylation is 4. The van der Waals surface area contributed by atoms with Gasteiger partial charge in [0, 0.05) is 79.2 Å². The maximum Gasteiger partial charge on any atom is 0.291 e. The molecule has 0 atom stereocenters. The Labute approximate surface area is 312 Å². The monoisotopic (exact) mass is 763 g/mol. The Morgan fingerprint density at radius 1 is 0.717 bits per heavy atom. The van der Waals surface area contributed by atoms with Gasteiger partial charge in [-0.25, -0.2) is 4.98 Å². The van der Waals surface area contributed by atoms with Crippen LogP contribution in [0.4, 0.5) is 22.9 Å². The molecular weight excluding hydrogens is 726 g/mol. The van der Waals surface area contributed by atoms with E-state index < -0.39 is 23.6 Å². The van der Waals surface area contributed by atoms with Gasteiger partial charge in [-0.05, 0) is 29.6 Å². The molecule has 5 aromatic rings. The van der Waals surface area contributed by atoms with Gasteiger partial charge >= 0.3 is 0 Å². The fraction of sp³-hybridized carbons (Fsp3) is 0.294. The maximum absolute atomic E-state index is 13.2. The summed E-state index contributed by atoms with van der Waals surface area (Å²) in [6, 6.07) is 6.25. The summed E-state index contributed by atoms with van der Waals surface area (Å²) in [4.78, 5) is 71.8. The van der Waals surface area contributed by atoms with E-state index in [0.717, 1.165) is 19.6 Å². The van der Waals surface area contributed by atoms with Crippen LogP contribution in [0.15, 0.2) is 54.4 Å². The second-order valence-electron chi connectivity index (χ2n) is 12.4. The summed E-state index contributed by atoms with van der Waals surface area (Å²) in [5.74, 6) is -2.05. The van der Waals surface area contributed by atoms with Crippen molar-refractivity contribution in [3.8, 4) is 0 Å². The average molecular weight is 764 g/mol. The van der Waals surface area contributed by atoms with E-state index in [1.54, 1.807) is 78.0 Å². The number of carbonyl (C=O) groups excluding carboxylic acids is 5. The Bertz CT molecular complexity index is 2190. The lowest BCUT2D eigenvalue weighted by Crippen LogP contribution is -2.41. The van der Waals surface area contributed by atoms with E-state index in [9.17, 15) is 24.0 Å². The molecule has 278 valence electrons. The van der Waals surface area contributed by atoms with Gasteiger partial charge in [-0.3, -0.25) is 28.9 Å². The van der Waals surface area contributed by atoms with Crippen LogP contribution in [0.1, 0.15) is 51.8 Å². The number of morpholine rings is 1. The molecule has 1 saturated heterocycles. The van der Waals surface area contributed by atoms with E-state index in [1.807, 2.05) is 0 Å². The van der Waals surface area contributed by atoms with Gasteiger partial charge in [0.05, 0.1) is 35.3 Å². The molecule has 0 bridgehead atoms. The van der Waals surface area contributed by atoms with Crippen molar-refractivity contribution in [1.82, 2.24) is 33.5 Å². The minimum Gasteiger partial charge on any atom is -0.379 e. The van der Waals surface area contributed by atoms with Crippen LogP contribution in [0.5, 0.6) is 0 Å². The lowest BCUT2D eigenvalue weighted by molar-refractivity contribution is 0.0383. The van der Waals surface area contributed by atoms with Crippen LogP contribution in [0.25, 0.3) is 0 Å². The molecule has 0 unspecified atom stereocenters. The minimum atomic E-state index is -0.575. The maximum atomic E-state index is 13.2. The molecule has 17 nitrogen and oxygen atoms in total. The summed E-state index contributed by atoms with van der Waals surface area (Å²) in [6.45, 7) is 4.25. The Morgan fingerprint density at radius 2 is 1.25 bits per heavy atom. The van der Waals surface area contributed by atoms with Gasteiger partial charge in [0.25, 0.3) is 29.5 Å². The first-order valence-corrected chi connectivity index (χ1v) is 17.7. The van der Waals surface area contributed by atoms with Gasteiger partial charge < -0.3 is 49.6 Å². The lowest BCUT2D eigenvalue weighted by atomic mass is 10.3.